The van der Waals surface area contributed by atoms with Gasteiger partial charge in [-0.1, -0.05) is 24.5 Å². The average Bonchev–Trinajstić information content (AvgIpc) is 2.27. The van der Waals surface area contributed by atoms with Gasteiger partial charge in [-0.2, -0.15) is 0 Å². The van der Waals surface area contributed by atoms with Crippen molar-refractivity contribution in [2.45, 2.75) is 13.3 Å². The molecule has 0 aliphatic heterocycles. The fourth-order valence-corrected chi connectivity index (χ4v) is 1.20. The highest BCUT2D eigenvalue weighted by atomic mass is 16.1. The summed E-state index contributed by atoms with van der Waals surface area (Å²) >= 11 is 0. The van der Waals surface area contributed by atoms with Crippen LogP contribution in [0.15, 0.2) is 46.9 Å². The number of carbonyl (C=O) groups excluding carboxylic acids is 1. The molecule has 3 nitrogen and oxygen atoms in total. The zero-order valence-electron chi connectivity index (χ0n) is 8.50. The van der Waals surface area contributed by atoms with Gasteiger partial charge in [0, 0.05) is 5.57 Å². The quantitative estimate of drug-likeness (QED) is 0.309. The van der Waals surface area contributed by atoms with Crippen molar-refractivity contribution in [1.29, 1.82) is 5.41 Å². The smallest absolute Gasteiger partial charge is 0.256 e. The summed E-state index contributed by atoms with van der Waals surface area (Å²) in [5, 5.41) is 9.16. The lowest BCUT2D eigenvalue weighted by Gasteiger charge is -2.06. The number of amides is 1. The lowest BCUT2D eigenvalue weighted by atomic mass is 10.0. The van der Waals surface area contributed by atoms with Gasteiger partial charge in [0.1, 0.15) is 0 Å². The molecule has 3 heteroatoms. The van der Waals surface area contributed by atoms with E-state index in [1.54, 1.807) is 18.2 Å². The van der Waals surface area contributed by atoms with Crippen LogP contribution in [0.5, 0.6) is 0 Å². The summed E-state index contributed by atoms with van der Waals surface area (Å²) in [6.07, 6.45) is 8.66. The van der Waals surface area contributed by atoms with E-state index in [9.17, 15) is 4.79 Å². The van der Waals surface area contributed by atoms with Gasteiger partial charge in [-0.25, -0.2) is 0 Å². The van der Waals surface area contributed by atoms with E-state index >= 15 is 0 Å². The molecule has 0 radical (unpaired) electrons. The zero-order chi connectivity index (χ0) is 11.1. The molecule has 76 valence electrons. The average molecular weight is 200 g/mol. The summed E-state index contributed by atoms with van der Waals surface area (Å²) in [5.74, 6) is -0.272. The Balaban J connectivity index is 2.95. The van der Waals surface area contributed by atoms with Crippen molar-refractivity contribution in [3.05, 3.63) is 46.9 Å². The molecule has 0 atom stereocenters. The minimum atomic E-state index is -0.272. The summed E-state index contributed by atoms with van der Waals surface area (Å²) in [5.41, 5.74) is 6.91. The number of allylic oxidation sites excluding steroid dienone is 4. The Morgan fingerprint density at radius 2 is 2.40 bits per heavy atom. The third-order valence-electron chi connectivity index (χ3n) is 1.82. The van der Waals surface area contributed by atoms with Gasteiger partial charge in [-0.3, -0.25) is 10.2 Å². The van der Waals surface area contributed by atoms with Crippen LogP contribution >= 0.6 is 0 Å². The topological polar surface area (TPSA) is 53.0 Å². The third-order valence-corrected chi connectivity index (χ3v) is 1.82. The Morgan fingerprint density at radius 1 is 1.60 bits per heavy atom. The molecule has 15 heavy (non-hydrogen) atoms. The van der Waals surface area contributed by atoms with Crippen LogP contribution < -0.4 is 5.32 Å². The summed E-state index contributed by atoms with van der Waals surface area (Å²) in [4.78, 5) is 11.6. The van der Waals surface area contributed by atoms with Gasteiger partial charge in [0.2, 0.25) is 0 Å². The van der Waals surface area contributed by atoms with E-state index in [1.165, 1.54) is 0 Å². The first-order chi connectivity index (χ1) is 7.29. The summed E-state index contributed by atoms with van der Waals surface area (Å²) < 4.78 is 0. The largest absolute Gasteiger partial charge is 0.313 e. The SMILES string of the molecule is CC/C=C(/C(=O)NC=N)C1=CC=C=C=C1. The Hall–Kier alpha value is -2.08. The van der Waals surface area contributed by atoms with Crippen molar-refractivity contribution in [2.75, 3.05) is 0 Å². The van der Waals surface area contributed by atoms with Gasteiger partial charge in [-0.05, 0) is 30.2 Å². The van der Waals surface area contributed by atoms with E-state index in [0.717, 1.165) is 18.3 Å². The molecule has 0 saturated carbocycles. The zero-order valence-corrected chi connectivity index (χ0v) is 8.50. The maximum Gasteiger partial charge on any atom is 0.256 e. The van der Waals surface area contributed by atoms with Crippen LogP contribution in [0.25, 0.3) is 0 Å². The van der Waals surface area contributed by atoms with Crippen LogP contribution in [0.2, 0.25) is 0 Å². The van der Waals surface area contributed by atoms with Gasteiger partial charge in [0.25, 0.3) is 5.91 Å². The van der Waals surface area contributed by atoms with Crippen molar-refractivity contribution in [2.24, 2.45) is 0 Å². The Labute approximate surface area is 88.7 Å². The standard InChI is InChI=1S/C12H12N2O/c1-2-6-11(12(15)14-9-13)10-7-4-3-5-8-10/h4,6-9H,2H2,1H3,(H2,13,14,15)/b11-6+. The van der Waals surface area contributed by atoms with Crippen molar-refractivity contribution in [3.8, 4) is 0 Å². The van der Waals surface area contributed by atoms with E-state index in [-0.39, 0.29) is 5.91 Å². The second kappa shape index (κ2) is 5.61. The molecular weight excluding hydrogens is 188 g/mol. The molecule has 0 aromatic heterocycles. The van der Waals surface area contributed by atoms with Gasteiger partial charge in [0.05, 0.1) is 6.34 Å². The summed E-state index contributed by atoms with van der Waals surface area (Å²) in [6, 6.07) is 0. The van der Waals surface area contributed by atoms with E-state index in [2.05, 4.69) is 16.8 Å². The molecular formula is C12H12N2O. The number of nitrogens with one attached hydrogen (secondary N) is 2. The molecule has 1 rings (SSSR count). The molecule has 0 aromatic carbocycles. The van der Waals surface area contributed by atoms with E-state index < -0.39 is 0 Å². The molecule has 0 heterocycles. The fourth-order valence-electron chi connectivity index (χ4n) is 1.20. The van der Waals surface area contributed by atoms with Crippen LogP contribution in [0, 0.1) is 5.41 Å². The third kappa shape index (κ3) is 2.96. The molecule has 0 spiro atoms. The molecule has 0 unspecified atom stereocenters. The summed E-state index contributed by atoms with van der Waals surface area (Å²) in [6.45, 7) is 1.95. The minimum absolute atomic E-state index is 0.272. The van der Waals surface area contributed by atoms with E-state index in [4.69, 9.17) is 5.41 Å². The van der Waals surface area contributed by atoms with Crippen molar-refractivity contribution >= 4 is 12.2 Å². The highest BCUT2D eigenvalue weighted by molar-refractivity contribution is 6.03. The number of hydrogen-bond acceptors (Lipinski definition) is 2. The summed E-state index contributed by atoms with van der Waals surface area (Å²) in [7, 11) is 0. The Morgan fingerprint density at radius 3 is 2.93 bits per heavy atom. The number of rotatable bonds is 4. The van der Waals surface area contributed by atoms with Crippen LogP contribution in [-0.2, 0) is 4.79 Å². The minimum Gasteiger partial charge on any atom is -0.313 e. The molecule has 0 aromatic rings. The van der Waals surface area contributed by atoms with Gasteiger partial charge in [-0.15, -0.1) is 0 Å². The first kappa shape index (κ1) is 11.0. The lowest BCUT2D eigenvalue weighted by molar-refractivity contribution is -0.115. The molecule has 1 aliphatic rings. The first-order valence-electron chi connectivity index (χ1n) is 4.67. The monoisotopic (exact) mass is 200 g/mol. The van der Waals surface area contributed by atoms with Crippen LogP contribution in [0.1, 0.15) is 13.3 Å². The second-order valence-corrected chi connectivity index (χ2v) is 2.87. The van der Waals surface area contributed by atoms with Gasteiger partial charge in [0.15, 0.2) is 0 Å². The molecule has 0 fully saturated rings. The van der Waals surface area contributed by atoms with Gasteiger partial charge < -0.3 is 5.32 Å². The van der Waals surface area contributed by atoms with E-state index in [1.807, 2.05) is 13.0 Å². The molecule has 2 N–H and O–H groups in total. The predicted octanol–water partition coefficient (Wildman–Crippen LogP) is 1.85. The van der Waals surface area contributed by atoms with Crippen molar-refractivity contribution < 1.29 is 4.79 Å². The van der Waals surface area contributed by atoms with Crippen molar-refractivity contribution in [1.82, 2.24) is 5.32 Å². The lowest BCUT2D eigenvalue weighted by Crippen LogP contribution is -2.23. The normalized spacial score (nSPS) is 13.7. The predicted molar refractivity (Wildman–Crippen MR) is 59.5 cm³/mol. The number of hydrogen-bond donors (Lipinski definition) is 2. The second-order valence-electron chi connectivity index (χ2n) is 2.87. The molecule has 0 saturated heterocycles. The van der Waals surface area contributed by atoms with Gasteiger partial charge >= 0.3 is 0 Å². The highest BCUT2D eigenvalue weighted by Gasteiger charge is 2.10. The fraction of sp³-hybridized carbons (Fsp3) is 0.167. The number of carbonyl (C=O) groups is 1. The highest BCUT2D eigenvalue weighted by Crippen LogP contribution is 2.14. The molecule has 0 bridgehead atoms. The maximum atomic E-state index is 11.6. The Kier molecular flexibility index (Phi) is 4.11. The maximum absolute atomic E-state index is 11.6. The van der Waals surface area contributed by atoms with Crippen molar-refractivity contribution in [3.63, 3.8) is 0 Å². The van der Waals surface area contributed by atoms with Crippen LogP contribution in [0.3, 0.4) is 0 Å². The van der Waals surface area contributed by atoms with Crippen LogP contribution in [-0.4, -0.2) is 12.2 Å². The van der Waals surface area contributed by atoms with Crippen LogP contribution in [0.4, 0.5) is 0 Å². The van der Waals surface area contributed by atoms with E-state index in [0.29, 0.717) is 5.57 Å². The first-order valence-corrected chi connectivity index (χ1v) is 4.67. The molecule has 1 amide bonds. The Bertz CT molecular complexity index is 429. The molecule has 1 aliphatic carbocycles.